The lowest BCUT2D eigenvalue weighted by molar-refractivity contribution is -0.146. The van der Waals surface area contributed by atoms with E-state index < -0.39 is 6.04 Å². The molecule has 1 unspecified atom stereocenters. The molecule has 0 bridgehead atoms. The van der Waals surface area contributed by atoms with E-state index in [1.165, 1.54) is 0 Å². The van der Waals surface area contributed by atoms with Gasteiger partial charge in [0.25, 0.3) is 0 Å². The molecule has 0 saturated heterocycles. The van der Waals surface area contributed by atoms with Gasteiger partial charge in [-0.15, -0.1) is 0 Å². The number of esters is 1. The van der Waals surface area contributed by atoms with Crippen LogP contribution in [0.5, 0.6) is 0 Å². The van der Waals surface area contributed by atoms with Gasteiger partial charge in [-0.25, -0.2) is 4.79 Å². The number of carbonyl (C=O) groups excluding carboxylic acids is 2. The predicted molar refractivity (Wildman–Crippen MR) is 51.2 cm³/mol. The zero-order chi connectivity index (χ0) is 10.6. The van der Waals surface area contributed by atoms with Gasteiger partial charge in [0.05, 0.1) is 12.3 Å². The Morgan fingerprint density at radius 1 is 1.71 bits per heavy atom. The van der Waals surface area contributed by atoms with Gasteiger partial charge in [-0.1, -0.05) is 0 Å². The fourth-order valence-corrected chi connectivity index (χ4v) is 1.24. The number of hydrogen-bond acceptors (Lipinski definition) is 3. The van der Waals surface area contributed by atoms with Crippen molar-refractivity contribution >= 4 is 12.3 Å². The second-order valence-corrected chi connectivity index (χ2v) is 2.89. The third-order valence-corrected chi connectivity index (χ3v) is 1.98. The molecular formula is C10H13NO3. The molecule has 1 heterocycles. The van der Waals surface area contributed by atoms with Crippen LogP contribution in [0.15, 0.2) is 18.3 Å². The van der Waals surface area contributed by atoms with E-state index in [0.717, 1.165) is 6.29 Å². The van der Waals surface area contributed by atoms with E-state index in [1.807, 2.05) is 0 Å². The van der Waals surface area contributed by atoms with Crippen LogP contribution < -0.4 is 0 Å². The van der Waals surface area contributed by atoms with Crippen molar-refractivity contribution in [1.29, 1.82) is 0 Å². The summed E-state index contributed by atoms with van der Waals surface area (Å²) in [6.45, 7) is 3.80. The lowest BCUT2D eigenvalue weighted by Gasteiger charge is -2.13. The van der Waals surface area contributed by atoms with E-state index in [2.05, 4.69) is 0 Å². The maximum absolute atomic E-state index is 11.4. The van der Waals surface area contributed by atoms with Crippen molar-refractivity contribution in [2.75, 3.05) is 6.61 Å². The van der Waals surface area contributed by atoms with E-state index in [9.17, 15) is 9.59 Å². The molecule has 0 radical (unpaired) electrons. The molecule has 0 saturated carbocycles. The lowest BCUT2D eigenvalue weighted by Crippen LogP contribution is -2.19. The maximum atomic E-state index is 11.4. The van der Waals surface area contributed by atoms with Crippen LogP contribution >= 0.6 is 0 Å². The molecule has 4 nitrogen and oxygen atoms in total. The quantitative estimate of drug-likeness (QED) is 0.539. The van der Waals surface area contributed by atoms with E-state index in [-0.39, 0.29) is 5.97 Å². The molecule has 14 heavy (non-hydrogen) atoms. The summed E-state index contributed by atoms with van der Waals surface area (Å²) >= 11 is 0. The highest BCUT2D eigenvalue weighted by Gasteiger charge is 2.17. The second kappa shape index (κ2) is 4.60. The summed E-state index contributed by atoms with van der Waals surface area (Å²) < 4.78 is 6.44. The van der Waals surface area contributed by atoms with Gasteiger partial charge in [0, 0.05) is 6.20 Å². The Labute approximate surface area is 82.5 Å². The summed E-state index contributed by atoms with van der Waals surface area (Å²) in [5.74, 6) is -0.327. The Morgan fingerprint density at radius 3 is 3.00 bits per heavy atom. The van der Waals surface area contributed by atoms with Crippen molar-refractivity contribution in [1.82, 2.24) is 4.57 Å². The molecule has 0 amide bonds. The monoisotopic (exact) mass is 195 g/mol. The third kappa shape index (κ3) is 2.02. The summed E-state index contributed by atoms with van der Waals surface area (Å²) in [5.41, 5.74) is 0.477. The SMILES string of the molecule is CCOC(=O)C(C)n1cccc1C=O. The Hall–Kier alpha value is -1.58. The van der Waals surface area contributed by atoms with E-state index in [1.54, 1.807) is 36.7 Å². The number of rotatable bonds is 4. The van der Waals surface area contributed by atoms with Gasteiger partial charge in [0.15, 0.2) is 6.29 Å². The summed E-state index contributed by atoms with van der Waals surface area (Å²) in [6, 6.07) is 2.92. The lowest BCUT2D eigenvalue weighted by atomic mass is 10.3. The molecule has 0 aliphatic rings. The molecule has 1 atom stereocenters. The first-order valence-electron chi connectivity index (χ1n) is 4.49. The van der Waals surface area contributed by atoms with Crippen LogP contribution in [-0.2, 0) is 9.53 Å². The van der Waals surface area contributed by atoms with Crippen LogP contribution in [0.3, 0.4) is 0 Å². The molecular weight excluding hydrogens is 182 g/mol. The van der Waals surface area contributed by atoms with Crippen molar-refractivity contribution in [3.8, 4) is 0 Å². The summed E-state index contributed by atoms with van der Waals surface area (Å²) in [5, 5.41) is 0. The Bertz CT molecular complexity index is 330. The van der Waals surface area contributed by atoms with E-state index >= 15 is 0 Å². The fraction of sp³-hybridized carbons (Fsp3) is 0.400. The minimum Gasteiger partial charge on any atom is -0.464 e. The molecule has 1 aromatic rings. The number of aromatic nitrogens is 1. The number of carbonyl (C=O) groups is 2. The average molecular weight is 195 g/mol. The largest absolute Gasteiger partial charge is 0.464 e. The van der Waals surface area contributed by atoms with Crippen LogP contribution in [0.25, 0.3) is 0 Å². The Morgan fingerprint density at radius 2 is 2.43 bits per heavy atom. The van der Waals surface area contributed by atoms with Crippen molar-refractivity contribution in [2.45, 2.75) is 19.9 Å². The normalized spacial score (nSPS) is 12.1. The van der Waals surface area contributed by atoms with Gasteiger partial charge in [-0.3, -0.25) is 4.79 Å². The Kier molecular flexibility index (Phi) is 3.45. The van der Waals surface area contributed by atoms with E-state index in [0.29, 0.717) is 12.3 Å². The molecule has 0 aliphatic carbocycles. The van der Waals surface area contributed by atoms with Gasteiger partial charge in [-0.05, 0) is 26.0 Å². The molecule has 0 fully saturated rings. The third-order valence-electron chi connectivity index (χ3n) is 1.98. The second-order valence-electron chi connectivity index (χ2n) is 2.89. The number of hydrogen-bond donors (Lipinski definition) is 0. The van der Waals surface area contributed by atoms with Crippen LogP contribution in [0, 0.1) is 0 Å². The van der Waals surface area contributed by atoms with Crippen molar-refractivity contribution in [3.05, 3.63) is 24.0 Å². The summed E-state index contributed by atoms with van der Waals surface area (Å²) in [6.07, 6.45) is 2.40. The van der Waals surface area contributed by atoms with Gasteiger partial charge in [0.2, 0.25) is 0 Å². The summed E-state index contributed by atoms with van der Waals surface area (Å²) in [7, 11) is 0. The van der Waals surface area contributed by atoms with Crippen molar-refractivity contribution in [2.24, 2.45) is 0 Å². The molecule has 1 aromatic heterocycles. The summed E-state index contributed by atoms with van der Waals surface area (Å²) in [4.78, 5) is 22.0. The van der Waals surface area contributed by atoms with Crippen LogP contribution in [-0.4, -0.2) is 23.4 Å². The average Bonchev–Trinajstić information content (AvgIpc) is 2.64. The first-order chi connectivity index (χ1) is 6.70. The van der Waals surface area contributed by atoms with Crippen LogP contribution in [0.1, 0.15) is 30.4 Å². The maximum Gasteiger partial charge on any atom is 0.328 e. The Balaban J connectivity index is 2.82. The number of nitrogens with zero attached hydrogens (tertiary/aromatic N) is 1. The zero-order valence-electron chi connectivity index (χ0n) is 8.27. The predicted octanol–water partition coefficient (Wildman–Crippen LogP) is 1.42. The topological polar surface area (TPSA) is 48.3 Å². The molecule has 0 aromatic carbocycles. The molecule has 1 rings (SSSR count). The fourth-order valence-electron chi connectivity index (χ4n) is 1.24. The zero-order valence-corrected chi connectivity index (χ0v) is 8.27. The molecule has 0 N–H and O–H groups in total. The van der Waals surface area contributed by atoms with Gasteiger partial charge >= 0.3 is 5.97 Å². The van der Waals surface area contributed by atoms with Gasteiger partial charge in [0.1, 0.15) is 6.04 Å². The minimum atomic E-state index is -0.454. The first kappa shape index (κ1) is 10.5. The smallest absolute Gasteiger partial charge is 0.328 e. The molecule has 4 heteroatoms. The molecule has 0 aliphatic heterocycles. The van der Waals surface area contributed by atoms with Gasteiger partial charge in [-0.2, -0.15) is 0 Å². The van der Waals surface area contributed by atoms with Gasteiger partial charge < -0.3 is 9.30 Å². The number of ether oxygens (including phenoxy) is 1. The molecule has 76 valence electrons. The highest BCUT2D eigenvalue weighted by atomic mass is 16.5. The van der Waals surface area contributed by atoms with Crippen molar-refractivity contribution in [3.63, 3.8) is 0 Å². The van der Waals surface area contributed by atoms with Crippen LogP contribution in [0.2, 0.25) is 0 Å². The number of aldehydes is 1. The highest BCUT2D eigenvalue weighted by Crippen LogP contribution is 2.11. The van der Waals surface area contributed by atoms with Crippen molar-refractivity contribution < 1.29 is 14.3 Å². The molecule has 0 spiro atoms. The minimum absolute atomic E-state index is 0.327. The first-order valence-corrected chi connectivity index (χ1v) is 4.49. The highest BCUT2D eigenvalue weighted by molar-refractivity contribution is 5.77. The standard InChI is InChI=1S/C10H13NO3/c1-3-14-10(13)8(2)11-6-4-5-9(11)7-12/h4-8H,3H2,1-2H3. The van der Waals surface area contributed by atoms with Crippen LogP contribution in [0.4, 0.5) is 0 Å². The van der Waals surface area contributed by atoms with E-state index in [4.69, 9.17) is 4.74 Å².